The van der Waals surface area contributed by atoms with Crippen LogP contribution >= 0.6 is 0 Å². The molecule has 4 rings (SSSR count). The Bertz CT molecular complexity index is 840. The standard InChI is InChI=1S/C18H19N3O2/c1-12(19)18-20-14-9-16-17(23-8-7-22-16)10-15(14)21(18)11-13-5-3-2-4-6-13/h2-6,9-10,12H,7-8,11,19H2,1H3. The predicted molar refractivity (Wildman–Crippen MR) is 88.9 cm³/mol. The zero-order valence-electron chi connectivity index (χ0n) is 13.0. The van der Waals surface area contributed by atoms with Crippen LogP contribution in [0, 0.1) is 0 Å². The first-order valence-corrected chi connectivity index (χ1v) is 7.81. The Labute approximate surface area is 134 Å². The minimum atomic E-state index is -0.148. The molecule has 1 aromatic heterocycles. The normalized spacial score (nSPS) is 14.9. The number of nitrogens with two attached hydrogens (primary N) is 1. The molecule has 2 heterocycles. The van der Waals surface area contributed by atoms with E-state index in [1.165, 1.54) is 5.56 Å². The van der Waals surface area contributed by atoms with E-state index in [1.54, 1.807) is 0 Å². The molecular formula is C18H19N3O2. The van der Waals surface area contributed by atoms with Gasteiger partial charge < -0.3 is 19.8 Å². The number of aromatic nitrogens is 2. The van der Waals surface area contributed by atoms with Crippen LogP contribution < -0.4 is 15.2 Å². The van der Waals surface area contributed by atoms with Crippen LogP contribution in [0.15, 0.2) is 42.5 Å². The molecule has 1 aliphatic heterocycles. The number of imidazole rings is 1. The van der Waals surface area contributed by atoms with E-state index in [0.29, 0.717) is 13.2 Å². The Morgan fingerprint density at radius 2 is 1.83 bits per heavy atom. The minimum Gasteiger partial charge on any atom is -0.486 e. The fourth-order valence-corrected chi connectivity index (χ4v) is 2.96. The van der Waals surface area contributed by atoms with Gasteiger partial charge in [0.2, 0.25) is 0 Å². The van der Waals surface area contributed by atoms with Gasteiger partial charge in [-0.05, 0) is 12.5 Å². The van der Waals surface area contributed by atoms with E-state index in [0.717, 1.165) is 34.9 Å². The third kappa shape index (κ3) is 2.53. The van der Waals surface area contributed by atoms with E-state index in [1.807, 2.05) is 37.3 Å². The number of hydrogen-bond acceptors (Lipinski definition) is 4. The van der Waals surface area contributed by atoms with Crippen molar-refractivity contribution in [3.63, 3.8) is 0 Å². The van der Waals surface area contributed by atoms with Crippen molar-refractivity contribution < 1.29 is 9.47 Å². The van der Waals surface area contributed by atoms with Crippen molar-refractivity contribution in [2.24, 2.45) is 5.73 Å². The zero-order chi connectivity index (χ0) is 15.8. The number of fused-ring (bicyclic) bond motifs is 2. The number of benzene rings is 2. The van der Waals surface area contributed by atoms with Gasteiger partial charge in [0.05, 0.1) is 17.1 Å². The summed E-state index contributed by atoms with van der Waals surface area (Å²) in [5, 5.41) is 0. The summed E-state index contributed by atoms with van der Waals surface area (Å²) in [5.41, 5.74) is 9.26. The number of rotatable bonds is 3. The van der Waals surface area contributed by atoms with Gasteiger partial charge in [-0.2, -0.15) is 0 Å². The first-order chi connectivity index (χ1) is 11.2. The monoisotopic (exact) mass is 309 g/mol. The number of nitrogens with zero attached hydrogens (tertiary/aromatic N) is 2. The molecule has 23 heavy (non-hydrogen) atoms. The van der Waals surface area contributed by atoms with Gasteiger partial charge in [0.1, 0.15) is 19.0 Å². The second kappa shape index (κ2) is 5.59. The molecule has 1 unspecified atom stereocenters. The van der Waals surface area contributed by atoms with Crippen LogP contribution in [0.3, 0.4) is 0 Å². The lowest BCUT2D eigenvalue weighted by Crippen LogP contribution is -2.15. The summed E-state index contributed by atoms with van der Waals surface area (Å²) in [5.74, 6) is 2.39. The number of hydrogen-bond donors (Lipinski definition) is 1. The molecule has 3 aromatic rings. The summed E-state index contributed by atoms with van der Waals surface area (Å²) >= 11 is 0. The molecule has 0 amide bonds. The van der Waals surface area contributed by atoms with Crippen molar-refractivity contribution in [3.8, 4) is 11.5 Å². The average Bonchev–Trinajstić information content (AvgIpc) is 2.92. The molecule has 1 atom stereocenters. The highest BCUT2D eigenvalue weighted by Gasteiger charge is 2.19. The largest absolute Gasteiger partial charge is 0.486 e. The SMILES string of the molecule is CC(N)c1nc2cc3c(cc2n1Cc1ccccc1)OCCO3. The van der Waals surface area contributed by atoms with Gasteiger partial charge in [0.15, 0.2) is 11.5 Å². The second-order valence-electron chi connectivity index (χ2n) is 5.82. The van der Waals surface area contributed by atoms with Crippen LogP contribution in [0.4, 0.5) is 0 Å². The molecule has 0 aliphatic carbocycles. The lowest BCUT2D eigenvalue weighted by atomic mass is 10.2. The van der Waals surface area contributed by atoms with Gasteiger partial charge in [-0.25, -0.2) is 4.98 Å². The van der Waals surface area contributed by atoms with Crippen molar-refractivity contribution in [1.29, 1.82) is 0 Å². The topological polar surface area (TPSA) is 62.3 Å². The van der Waals surface area contributed by atoms with Crippen LogP contribution in [0.2, 0.25) is 0 Å². The molecule has 2 N–H and O–H groups in total. The van der Waals surface area contributed by atoms with E-state index in [-0.39, 0.29) is 6.04 Å². The Balaban J connectivity index is 1.87. The molecule has 0 spiro atoms. The van der Waals surface area contributed by atoms with Crippen LogP contribution in [0.5, 0.6) is 11.5 Å². The predicted octanol–water partition coefficient (Wildman–Crippen LogP) is 2.88. The molecule has 0 fully saturated rings. The van der Waals surface area contributed by atoms with Gasteiger partial charge in [-0.1, -0.05) is 30.3 Å². The molecule has 5 nitrogen and oxygen atoms in total. The van der Waals surface area contributed by atoms with E-state index in [4.69, 9.17) is 20.2 Å². The third-order valence-electron chi connectivity index (χ3n) is 4.03. The van der Waals surface area contributed by atoms with Crippen LogP contribution in [0.1, 0.15) is 24.4 Å². The lowest BCUT2D eigenvalue weighted by molar-refractivity contribution is 0.172. The van der Waals surface area contributed by atoms with E-state index >= 15 is 0 Å². The first-order valence-electron chi connectivity index (χ1n) is 7.81. The Kier molecular flexibility index (Phi) is 3.42. The average molecular weight is 309 g/mol. The fraction of sp³-hybridized carbons (Fsp3) is 0.278. The summed E-state index contributed by atoms with van der Waals surface area (Å²) in [7, 11) is 0. The van der Waals surface area contributed by atoms with Crippen LogP contribution in [-0.4, -0.2) is 22.8 Å². The molecule has 0 bridgehead atoms. The zero-order valence-corrected chi connectivity index (χ0v) is 13.0. The maximum atomic E-state index is 6.14. The second-order valence-corrected chi connectivity index (χ2v) is 5.82. The molecular weight excluding hydrogens is 290 g/mol. The van der Waals surface area contributed by atoms with Crippen molar-refractivity contribution in [3.05, 3.63) is 53.9 Å². The van der Waals surface area contributed by atoms with Gasteiger partial charge in [-0.15, -0.1) is 0 Å². The van der Waals surface area contributed by atoms with Crippen molar-refractivity contribution in [2.75, 3.05) is 13.2 Å². The first kappa shape index (κ1) is 14.1. The summed E-state index contributed by atoms with van der Waals surface area (Å²) in [6.45, 7) is 3.83. The molecule has 0 saturated carbocycles. The summed E-state index contributed by atoms with van der Waals surface area (Å²) in [6.07, 6.45) is 0. The Morgan fingerprint density at radius 3 is 2.52 bits per heavy atom. The molecule has 118 valence electrons. The molecule has 0 saturated heterocycles. The smallest absolute Gasteiger partial charge is 0.163 e. The van der Waals surface area contributed by atoms with Crippen LogP contribution in [-0.2, 0) is 6.54 Å². The molecule has 1 aliphatic rings. The van der Waals surface area contributed by atoms with Gasteiger partial charge in [0.25, 0.3) is 0 Å². The lowest BCUT2D eigenvalue weighted by Gasteiger charge is -2.18. The summed E-state index contributed by atoms with van der Waals surface area (Å²) in [6, 6.07) is 14.1. The van der Waals surface area contributed by atoms with Crippen molar-refractivity contribution in [2.45, 2.75) is 19.5 Å². The molecule has 2 aromatic carbocycles. The minimum absolute atomic E-state index is 0.148. The highest BCUT2D eigenvalue weighted by molar-refractivity contribution is 5.81. The fourth-order valence-electron chi connectivity index (χ4n) is 2.96. The number of ether oxygens (including phenoxy) is 2. The van der Waals surface area contributed by atoms with Crippen LogP contribution in [0.25, 0.3) is 11.0 Å². The summed E-state index contributed by atoms with van der Waals surface area (Å²) in [4.78, 5) is 4.72. The van der Waals surface area contributed by atoms with Crippen molar-refractivity contribution in [1.82, 2.24) is 9.55 Å². The Hall–Kier alpha value is -2.53. The van der Waals surface area contributed by atoms with E-state index < -0.39 is 0 Å². The van der Waals surface area contributed by atoms with Crippen molar-refractivity contribution >= 4 is 11.0 Å². The third-order valence-corrected chi connectivity index (χ3v) is 4.03. The van der Waals surface area contributed by atoms with Gasteiger partial charge >= 0.3 is 0 Å². The van der Waals surface area contributed by atoms with E-state index in [2.05, 4.69) is 16.7 Å². The maximum absolute atomic E-state index is 6.14. The maximum Gasteiger partial charge on any atom is 0.163 e. The molecule has 0 radical (unpaired) electrons. The molecule has 5 heteroatoms. The van der Waals surface area contributed by atoms with Gasteiger partial charge in [-0.3, -0.25) is 0 Å². The highest BCUT2D eigenvalue weighted by Crippen LogP contribution is 2.35. The van der Waals surface area contributed by atoms with Gasteiger partial charge in [0, 0.05) is 18.7 Å². The highest BCUT2D eigenvalue weighted by atomic mass is 16.6. The summed E-state index contributed by atoms with van der Waals surface area (Å²) < 4.78 is 13.5. The quantitative estimate of drug-likeness (QED) is 0.808. The Morgan fingerprint density at radius 1 is 1.13 bits per heavy atom. The van der Waals surface area contributed by atoms with E-state index in [9.17, 15) is 0 Å².